The highest BCUT2D eigenvalue weighted by Crippen LogP contribution is 2.24. The van der Waals surface area contributed by atoms with Crippen molar-refractivity contribution in [3.05, 3.63) is 35.4 Å². The van der Waals surface area contributed by atoms with E-state index in [0.29, 0.717) is 32.4 Å². The molecule has 0 fully saturated rings. The number of nitrogens with zero attached hydrogens (tertiary/aromatic N) is 1. The molecule has 1 aliphatic heterocycles. The third-order valence-corrected chi connectivity index (χ3v) is 4.11. The Kier molecular flexibility index (Phi) is 4.96. The van der Waals surface area contributed by atoms with Crippen LogP contribution in [0.25, 0.3) is 0 Å². The highest BCUT2D eigenvalue weighted by Gasteiger charge is 2.34. The van der Waals surface area contributed by atoms with Crippen molar-refractivity contribution in [1.29, 1.82) is 0 Å². The fourth-order valence-corrected chi connectivity index (χ4v) is 2.64. The Balaban J connectivity index is 2.13. The van der Waals surface area contributed by atoms with Gasteiger partial charge in [-0.05, 0) is 30.0 Å². The molecule has 1 heterocycles. The van der Waals surface area contributed by atoms with Crippen molar-refractivity contribution in [3.8, 4) is 0 Å². The fourth-order valence-electron chi connectivity index (χ4n) is 2.64. The number of carboxylic acids is 1. The van der Waals surface area contributed by atoms with Gasteiger partial charge in [0, 0.05) is 19.4 Å². The summed E-state index contributed by atoms with van der Waals surface area (Å²) in [7, 11) is 0. The highest BCUT2D eigenvalue weighted by atomic mass is 16.4. The Morgan fingerprint density at radius 3 is 2.67 bits per heavy atom. The number of carbonyl (C=O) groups is 2. The van der Waals surface area contributed by atoms with Gasteiger partial charge in [-0.15, -0.1) is 0 Å². The maximum atomic E-state index is 12.4. The van der Waals surface area contributed by atoms with Crippen LogP contribution in [0.15, 0.2) is 24.3 Å². The summed E-state index contributed by atoms with van der Waals surface area (Å²) in [6, 6.07) is 6.94. The van der Waals surface area contributed by atoms with E-state index in [1.165, 1.54) is 4.90 Å². The van der Waals surface area contributed by atoms with Crippen LogP contribution in [-0.2, 0) is 22.6 Å². The van der Waals surface area contributed by atoms with Crippen LogP contribution in [0.5, 0.6) is 0 Å². The van der Waals surface area contributed by atoms with Gasteiger partial charge >= 0.3 is 5.97 Å². The van der Waals surface area contributed by atoms with Crippen molar-refractivity contribution in [1.82, 2.24) is 4.90 Å². The topological polar surface area (TPSA) is 83.6 Å². The zero-order chi connectivity index (χ0) is 15.4. The van der Waals surface area contributed by atoms with Crippen LogP contribution in [0.3, 0.4) is 0 Å². The summed E-state index contributed by atoms with van der Waals surface area (Å²) in [5.74, 6) is -0.767. The van der Waals surface area contributed by atoms with E-state index in [-0.39, 0.29) is 11.8 Å². The molecule has 21 heavy (non-hydrogen) atoms. The molecule has 1 amide bonds. The predicted molar refractivity (Wildman–Crippen MR) is 79.6 cm³/mol. The monoisotopic (exact) mass is 290 g/mol. The number of carboxylic acid groups (broad SMARTS) is 1. The summed E-state index contributed by atoms with van der Waals surface area (Å²) >= 11 is 0. The van der Waals surface area contributed by atoms with E-state index in [9.17, 15) is 14.7 Å². The SMILES string of the molecule is CC(CN)CCC(=O)N1Cc2ccccc2C[C@H]1C(=O)O. The maximum absolute atomic E-state index is 12.4. The second kappa shape index (κ2) is 6.72. The zero-order valence-electron chi connectivity index (χ0n) is 12.3. The lowest BCUT2D eigenvalue weighted by Gasteiger charge is -2.34. The number of rotatable bonds is 5. The van der Waals surface area contributed by atoms with Crippen molar-refractivity contribution in [3.63, 3.8) is 0 Å². The number of amides is 1. The van der Waals surface area contributed by atoms with Gasteiger partial charge in [-0.1, -0.05) is 31.2 Å². The molecule has 1 aliphatic rings. The zero-order valence-corrected chi connectivity index (χ0v) is 12.3. The number of aliphatic carboxylic acids is 1. The van der Waals surface area contributed by atoms with Gasteiger partial charge in [0.05, 0.1) is 0 Å². The minimum absolute atomic E-state index is 0.0998. The first-order valence-corrected chi connectivity index (χ1v) is 7.32. The quantitative estimate of drug-likeness (QED) is 0.858. The minimum atomic E-state index is -0.940. The normalized spacial score (nSPS) is 19.0. The van der Waals surface area contributed by atoms with E-state index in [4.69, 9.17) is 5.73 Å². The third kappa shape index (κ3) is 3.61. The molecule has 2 atom stereocenters. The average Bonchev–Trinajstić information content (AvgIpc) is 2.50. The average molecular weight is 290 g/mol. The molecule has 0 radical (unpaired) electrons. The molecule has 1 aromatic rings. The molecule has 0 aliphatic carbocycles. The van der Waals surface area contributed by atoms with Crippen LogP contribution in [0.2, 0.25) is 0 Å². The molecule has 0 saturated heterocycles. The van der Waals surface area contributed by atoms with Gasteiger partial charge in [-0.2, -0.15) is 0 Å². The molecule has 1 aromatic carbocycles. The van der Waals surface area contributed by atoms with Crippen molar-refractivity contribution in [2.24, 2.45) is 11.7 Å². The van der Waals surface area contributed by atoms with Crippen LogP contribution >= 0.6 is 0 Å². The van der Waals surface area contributed by atoms with Crippen LogP contribution in [0, 0.1) is 5.92 Å². The van der Waals surface area contributed by atoms with Crippen LogP contribution in [0.1, 0.15) is 30.9 Å². The predicted octanol–water partition coefficient (Wildman–Crippen LogP) is 1.40. The van der Waals surface area contributed by atoms with Crippen LogP contribution < -0.4 is 5.73 Å². The smallest absolute Gasteiger partial charge is 0.326 e. The lowest BCUT2D eigenvalue weighted by Crippen LogP contribution is -2.48. The largest absolute Gasteiger partial charge is 0.480 e. The van der Waals surface area contributed by atoms with E-state index in [2.05, 4.69) is 0 Å². The summed E-state index contributed by atoms with van der Waals surface area (Å²) in [5.41, 5.74) is 7.61. The molecule has 5 heteroatoms. The highest BCUT2D eigenvalue weighted by molar-refractivity contribution is 5.84. The number of nitrogens with two attached hydrogens (primary N) is 1. The standard InChI is InChI=1S/C16H22N2O3/c1-11(9-17)6-7-15(19)18-10-13-5-3-2-4-12(13)8-14(18)16(20)21/h2-5,11,14H,6-10,17H2,1H3,(H,20,21)/t11?,14-/m0/s1. The molecule has 0 spiro atoms. The molecule has 0 aromatic heterocycles. The Labute approximate surface area is 124 Å². The van der Waals surface area contributed by atoms with Gasteiger partial charge in [0.25, 0.3) is 0 Å². The summed E-state index contributed by atoms with van der Waals surface area (Å²) in [5, 5.41) is 9.39. The second-order valence-electron chi connectivity index (χ2n) is 5.73. The number of benzene rings is 1. The van der Waals surface area contributed by atoms with Crippen molar-refractivity contribution in [2.75, 3.05) is 6.54 Å². The first-order valence-electron chi connectivity index (χ1n) is 7.32. The summed E-state index contributed by atoms with van der Waals surface area (Å²) in [6.07, 6.45) is 1.42. The fraction of sp³-hybridized carbons (Fsp3) is 0.500. The summed E-state index contributed by atoms with van der Waals surface area (Å²) in [6.45, 7) is 2.91. The van der Waals surface area contributed by atoms with E-state index in [1.807, 2.05) is 31.2 Å². The van der Waals surface area contributed by atoms with Crippen LogP contribution in [0.4, 0.5) is 0 Å². The molecule has 114 valence electrons. The van der Waals surface area contributed by atoms with Gasteiger partial charge in [-0.25, -0.2) is 4.79 Å². The van der Waals surface area contributed by atoms with E-state index < -0.39 is 12.0 Å². The van der Waals surface area contributed by atoms with Gasteiger partial charge < -0.3 is 15.7 Å². The minimum Gasteiger partial charge on any atom is -0.480 e. The van der Waals surface area contributed by atoms with Crippen molar-refractivity contribution in [2.45, 2.75) is 38.8 Å². The van der Waals surface area contributed by atoms with Gasteiger partial charge in [0.15, 0.2) is 0 Å². The first kappa shape index (κ1) is 15.5. The van der Waals surface area contributed by atoms with Crippen molar-refractivity contribution < 1.29 is 14.7 Å². The van der Waals surface area contributed by atoms with E-state index >= 15 is 0 Å². The van der Waals surface area contributed by atoms with Crippen LogP contribution in [-0.4, -0.2) is 34.5 Å². The van der Waals surface area contributed by atoms with Gasteiger partial charge in [-0.3, -0.25) is 4.79 Å². The van der Waals surface area contributed by atoms with E-state index in [0.717, 1.165) is 11.1 Å². The Hall–Kier alpha value is -1.88. The molecule has 0 saturated carbocycles. The Bertz CT molecular complexity index is 530. The number of carbonyl (C=O) groups excluding carboxylic acids is 1. The number of hydrogen-bond donors (Lipinski definition) is 2. The number of hydrogen-bond acceptors (Lipinski definition) is 3. The maximum Gasteiger partial charge on any atom is 0.326 e. The first-order chi connectivity index (χ1) is 10.0. The molecule has 1 unspecified atom stereocenters. The summed E-state index contributed by atoms with van der Waals surface area (Å²) < 4.78 is 0. The molecule has 2 rings (SSSR count). The molecule has 5 nitrogen and oxygen atoms in total. The molecular formula is C16H22N2O3. The lowest BCUT2D eigenvalue weighted by atomic mass is 9.93. The number of fused-ring (bicyclic) bond motifs is 1. The Morgan fingerprint density at radius 2 is 2.05 bits per heavy atom. The lowest BCUT2D eigenvalue weighted by molar-refractivity contribution is -0.151. The Morgan fingerprint density at radius 1 is 1.38 bits per heavy atom. The third-order valence-electron chi connectivity index (χ3n) is 4.11. The molecular weight excluding hydrogens is 268 g/mol. The van der Waals surface area contributed by atoms with Gasteiger partial charge in [0.1, 0.15) is 6.04 Å². The van der Waals surface area contributed by atoms with E-state index in [1.54, 1.807) is 0 Å². The molecule has 3 N–H and O–H groups in total. The summed E-state index contributed by atoms with van der Waals surface area (Å²) in [4.78, 5) is 25.3. The van der Waals surface area contributed by atoms with Gasteiger partial charge in [0.2, 0.25) is 5.91 Å². The van der Waals surface area contributed by atoms with Crippen molar-refractivity contribution >= 4 is 11.9 Å². The second-order valence-corrected chi connectivity index (χ2v) is 5.73. The molecule has 0 bridgehead atoms.